The Morgan fingerprint density at radius 1 is 1.21 bits per heavy atom. The molecule has 0 radical (unpaired) electrons. The minimum Gasteiger partial charge on any atom is -0.481 e. The Hall–Kier alpha value is -4.54. The van der Waals surface area contributed by atoms with Gasteiger partial charge in [0.05, 0.1) is 17.9 Å². The second-order valence-electron chi connectivity index (χ2n) is 10.1. The van der Waals surface area contributed by atoms with E-state index in [-0.39, 0.29) is 37.3 Å². The lowest BCUT2D eigenvalue weighted by Gasteiger charge is -2.34. The first-order chi connectivity index (χ1) is 18.7. The first-order valence-electron chi connectivity index (χ1n) is 12.9. The van der Waals surface area contributed by atoms with E-state index in [1.54, 1.807) is 35.3 Å². The van der Waals surface area contributed by atoms with Crippen LogP contribution in [0.5, 0.6) is 0 Å². The summed E-state index contributed by atoms with van der Waals surface area (Å²) in [5.41, 5.74) is 9.44. The number of nitrogens with one attached hydrogen (secondary N) is 1. The maximum absolute atomic E-state index is 13.5. The molecule has 3 aromatic rings. The summed E-state index contributed by atoms with van der Waals surface area (Å²) in [6, 6.07) is 7.31. The third-order valence-corrected chi connectivity index (χ3v) is 7.59. The van der Waals surface area contributed by atoms with Crippen LogP contribution in [-0.4, -0.2) is 54.5 Å². The maximum atomic E-state index is 13.5. The van der Waals surface area contributed by atoms with Crippen molar-refractivity contribution in [2.45, 2.75) is 50.7 Å². The van der Waals surface area contributed by atoms with Gasteiger partial charge in [0.15, 0.2) is 0 Å². The summed E-state index contributed by atoms with van der Waals surface area (Å²) in [6.07, 6.45) is 8.09. The van der Waals surface area contributed by atoms with Crippen LogP contribution in [0.25, 0.3) is 11.1 Å². The van der Waals surface area contributed by atoms with Gasteiger partial charge in [0.1, 0.15) is 6.04 Å². The number of amides is 3. The molecule has 4 N–H and O–H groups in total. The number of carboxylic acids is 1. The van der Waals surface area contributed by atoms with Crippen LogP contribution in [0.1, 0.15) is 70.1 Å². The number of nitrogens with two attached hydrogens (primary N) is 1. The number of hydrogen-bond acceptors (Lipinski definition) is 6. The van der Waals surface area contributed by atoms with Crippen LogP contribution < -0.4 is 11.1 Å². The zero-order valence-corrected chi connectivity index (χ0v) is 21.5. The van der Waals surface area contributed by atoms with Crippen LogP contribution in [0.2, 0.25) is 0 Å². The fraction of sp³-hybridized carbons (Fsp3) is 0.357. The third-order valence-electron chi connectivity index (χ3n) is 7.59. The number of fused-ring (bicyclic) bond motifs is 1. The van der Waals surface area contributed by atoms with E-state index in [2.05, 4.69) is 15.4 Å². The molecular weight excluding hydrogens is 500 g/mol. The number of benzene rings is 1. The Bertz CT molecular complexity index is 1450. The lowest BCUT2D eigenvalue weighted by Crippen LogP contribution is -2.45. The van der Waals surface area contributed by atoms with Gasteiger partial charge in [-0.25, -0.2) is 0 Å². The molecule has 3 heterocycles. The number of aryl methyl sites for hydroxylation is 1. The molecule has 202 valence electrons. The van der Waals surface area contributed by atoms with Crippen molar-refractivity contribution >= 4 is 23.7 Å². The second kappa shape index (κ2) is 10.7. The average Bonchev–Trinajstić information content (AvgIpc) is 3.45. The lowest BCUT2D eigenvalue weighted by atomic mass is 9.77. The van der Waals surface area contributed by atoms with Crippen molar-refractivity contribution in [1.29, 1.82) is 0 Å². The molecule has 1 saturated carbocycles. The topological polar surface area (TPSA) is 161 Å². The fourth-order valence-corrected chi connectivity index (χ4v) is 5.33. The van der Waals surface area contributed by atoms with E-state index in [0.717, 1.165) is 36.1 Å². The van der Waals surface area contributed by atoms with Crippen molar-refractivity contribution in [2.24, 2.45) is 18.7 Å². The molecule has 0 saturated heterocycles. The molecule has 11 heteroatoms. The van der Waals surface area contributed by atoms with Crippen molar-refractivity contribution in [3.05, 3.63) is 71.3 Å². The minimum atomic E-state index is -1.08. The number of rotatable bonds is 10. The summed E-state index contributed by atoms with van der Waals surface area (Å²) in [6.45, 7) is 0.0694. The molecule has 11 nitrogen and oxygen atoms in total. The number of aromatic nitrogens is 3. The van der Waals surface area contributed by atoms with Crippen molar-refractivity contribution in [3.63, 3.8) is 0 Å². The fourth-order valence-electron chi connectivity index (χ4n) is 5.33. The largest absolute Gasteiger partial charge is 0.481 e. The van der Waals surface area contributed by atoms with Crippen molar-refractivity contribution in [2.75, 3.05) is 0 Å². The van der Waals surface area contributed by atoms with Gasteiger partial charge in [-0.3, -0.25) is 28.8 Å². The number of primary amides is 1. The number of carbonyl (C=O) groups is 4. The molecule has 1 fully saturated rings. The van der Waals surface area contributed by atoms with E-state index in [0.29, 0.717) is 16.7 Å². The van der Waals surface area contributed by atoms with Crippen molar-refractivity contribution in [3.8, 4) is 11.1 Å². The third kappa shape index (κ3) is 5.25. The zero-order chi connectivity index (χ0) is 27.7. The molecular formula is C28H30N6O5. The Morgan fingerprint density at radius 2 is 2.00 bits per heavy atom. The smallest absolute Gasteiger partial charge is 0.303 e. The average molecular weight is 531 g/mol. The van der Waals surface area contributed by atoms with Crippen molar-refractivity contribution < 1.29 is 24.3 Å². The summed E-state index contributed by atoms with van der Waals surface area (Å²) in [7, 11) is 1.85. The Kier molecular flexibility index (Phi) is 7.14. The summed E-state index contributed by atoms with van der Waals surface area (Å²) in [5.74, 6) is -2.30. The quantitative estimate of drug-likeness (QED) is 0.363. The summed E-state index contributed by atoms with van der Waals surface area (Å²) >= 11 is 0. The van der Waals surface area contributed by atoms with Gasteiger partial charge in [0, 0.05) is 54.7 Å². The monoisotopic (exact) mass is 530 g/mol. The zero-order valence-electron chi connectivity index (χ0n) is 21.5. The van der Waals surface area contributed by atoms with E-state index >= 15 is 0 Å². The molecule has 0 spiro atoms. The van der Waals surface area contributed by atoms with E-state index in [9.17, 15) is 19.2 Å². The van der Waals surface area contributed by atoms with Crippen LogP contribution >= 0.6 is 0 Å². The van der Waals surface area contributed by atoms with Crippen LogP contribution in [0.3, 0.4) is 0 Å². The number of hydrogen-bond donors (Lipinski definition) is 3. The summed E-state index contributed by atoms with van der Waals surface area (Å²) < 4.78 is 1.72. The molecule has 1 aliphatic heterocycles. The van der Waals surface area contributed by atoms with E-state index in [4.69, 9.17) is 10.8 Å². The molecule has 5 rings (SSSR count). The Morgan fingerprint density at radius 3 is 2.64 bits per heavy atom. The number of aliphatic carboxylic acids is 1. The van der Waals surface area contributed by atoms with Gasteiger partial charge in [-0.1, -0.05) is 12.5 Å². The molecule has 3 amide bonds. The van der Waals surface area contributed by atoms with Crippen LogP contribution in [-0.2, 0) is 23.2 Å². The number of carboxylic acid groups (broad SMARTS) is 1. The molecule has 39 heavy (non-hydrogen) atoms. The normalized spacial score (nSPS) is 16.3. The van der Waals surface area contributed by atoms with Crippen LogP contribution in [0.15, 0.2) is 48.9 Å². The van der Waals surface area contributed by atoms with Crippen molar-refractivity contribution in [1.82, 2.24) is 25.0 Å². The van der Waals surface area contributed by atoms with Gasteiger partial charge in [-0.05, 0) is 55.0 Å². The standard InChI is InChI=1S/C28H30N6O5/c1-33-14-19(13-31-33)20-6-3-11-30-25(20)24(16-4-2-5-16)32-27(38)17-7-8-21-18(12-17)15-34(28(21)39)22(26(29)37)9-10-23(35)36/h3,6-8,11-14,16,22,24H,2,4-5,9-10,15H2,1H3,(H2,29,37)(H,32,38)(H,35,36)/t22-,24?/m0/s1. The number of carbonyl (C=O) groups excluding carboxylic acids is 3. The van der Waals surface area contributed by atoms with Gasteiger partial charge >= 0.3 is 5.97 Å². The van der Waals surface area contributed by atoms with Gasteiger partial charge in [0.2, 0.25) is 5.91 Å². The molecule has 2 aromatic heterocycles. The number of nitrogens with zero attached hydrogens (tertiary/aromatic N) is 4. The summed E-state index contributed by atoms with van der Waals surface area (Å²) in [5, 5.41) is 16.5. The maximum Gasteiger partial charge on any atom is 0.303 e. The molecule has 0 bridgehead atoms. The first-order valence-corrected chi connectivity index (χ1v) is 12.9. The van der Waals surface area contributed by atoms with Gasteiger partial charge in [-0.2, -0.15) is 5.10 Å². The van der Waals surface area contributed by atoms with E-state index in [1.807, 2.05) is 25.4 Å². The highest BCUT2D eigenvalue weighted by atomic mass is 16.4. The molecule has 1 aromatic carbocycles. The van der Waals surface area contributed by atoms with Gasteiger partial charge < -0.3 is 21.1 Å². The van der Waals surface area contributed by atoms with E-state index < -0.39 is 23.8 Å². The Balaban J connectivity index is 1.38. The highest BCUT2D eigenvalue weighted by molar-refractivity contribution is 6.03. The second-order valence-corrected chi connectivity index (χ2v) is 10.1. The molecule has 2 atom stereocenters. The van der Waals surface area contributed by atoms with E-state index in [1.165, 1.54) is 4.90 Å². The van der Waals surface area contributed by atoms with Gasteiger partial charge in [0.25, 0.3) is 11.8 Å². The SMILES string of the molecule is Cn1cc(-c2cccnc2C(NC(=O)c2ccc3c(c2)CN([C@@H](CCC(=O)O)C(N)=O)C3=O)C2CCC2)cn1. The molecule has 1 aliphatic carbocycles. The highest BCUT2D eigenvalue weighted by Gasteiger charge is 2.37. The minimum absolute atomic E-state index is 0.0694. The predicted octanol–water partition coefficient (Wildman–Crippen LogP) is 2.43. The first kappa shape index (κ1) is 26.1. The van der Waals surface area contributed by atoms with Crippen LogP contribution in [0, 0.1) is 5.92 Å². The Labute approximate surface area is 225 Å². The summed E-state index contributed by atoms with van der Waals surface area (Å²) in [4.78, 5) is 55.5. The van der Waals surface area contributed by atoms with Gasteiger partial charge in [-0.15, -0.1) is 0 Å². The van der Waals surface area contributed by atoms with Crippen LogP contribution in [0.4, 0.5) is 0 Å². The number of pyridine rings is 1. The lowest BCUT2D eigenvalue weighted by molar-refractivity contribution is -0.137. The highest BCUT2D eigenvalue weighted by Crippen LogP contribution is 2.40. The molecule has 1 unspecified atom stereocenters. The predicted molar refractivity (Wildman–Crippen MR) is 140 cm³/mol. The molecule has 2 aliphatic rings.